The summed E-state index contributed by atoms with van der Waals surface area (Å²) in [5.74, 6) is 1.28. The van der Waals surface area contributed by atoms with Crippen LogP contribution in [-0.2, 0) is 19.9 Å². The second-order valence-corrected chi connectivity index (χ2v) is 10.2. The SMILES string of the molecule is N#CC(=C=N)S(=O)(=O)C(F)(F)S(=O)(=O)N1CCC2CCCCC2C1. The molecule has 1 aliphatic carbocycles. The number of piperidine rings is 1. The van der Waals surface area contributed by atoms with Gasteiger partial charge in [-0.15, -0.1) is 0 Å². The molecule has 0 aromatic carbocycles. The zero-order chi connectivity index (χ0) is 18.2. The van der Waals surface area contributed by atoms with Crippen molar-refractivity contribution in [3.8, 4) is 6.07 Å². The highest BCUT2D eigenvalue weighted by atomic mass is 32.3. The van der Waals surface area contributed by atoms with Crippen molar-refractivity contribution in [2.75, 3.05) is 13.1 Å². The van der Waals surface area contributed by atoms with E-state index in [4.69, 9.17) is 10.7 Å². The number of halogens is 2. The van der Waals surface area contributed by atoms with Gasteiger partial charge in [0.1, 0.15) is 6.07 Å². The molecule has 1 N–H and O–H groups in total. The normalized spacial score (nSPS) is 26.0. The van der Waals surface area contributed by atoms with Crippen molar-refractivity contribution in [3.05, 3.63) is 4.91 Å². The van der Waals surface area contributed by atoms with Crippen LogP contribution < -0.4 is 0 Å². The predicted molar refractivity (Wildman–Crippen MR) is 81.3 cm³/mol. The standard InChI is InChI=1S/C13H17F2N3O4S2/c14-13(15,23(19,20)12(7-16)8-17)24(21,22)18-6-5-10-3-1-2-4-11(10)9-18/h10-11,16H,1-6,9H2. The molecule has 2 aliphatic rings. The van der Waals surface area contributed by atoms with Gasteiger partial charge in [-0.25, -0.2) is 16.8 Å². The summed E-state index contributed by atoms with van der Waals surface area (Å²) < 4.78 is 72.0. The topological polar surface area (TPSA) is 119 Å². The van der Waals surface area contributed by atoms with Gasteiger partial charge in [-0.05, 0) is 24.7 Å². The molecular weight excluding hydrogens is 364 g/mol. The molecule has 2 atom stereocenters. The molecule has 24 heavy (non-hydrogen) atoms. The number of sulfonamides is 1. The Hall–Kier alpha value is -1.34. The number of nitrogens with one attached hydrogen (secondary N) is 1. The lowest BCUT2D eigenvalue weighted by atomic mass is 9.76. The third kappa shape index (κ3) is 2.88. The average Bonchev–Trinajstić information content (AvgIpc) is 2.54. The maximum Gasteiger partial charge on any atom is 0.464 e. The van der Waals surface area contributed by atoms with Crippen LogP contribution in [0.1, 0.15) is 32.1 Å². The van der Waals surface area contributed by atoms with Gasteiger partial charge >= 0.3 is 4.59 Å². The molecule has 2 rings (SSSR count). The first kappa shape index (κ1) is 19.0. The molecule has 2 unspecified atom stereocenters. The first-order valence-corrected chi connectivity index (χ1v) is 10.3. The average molecular weight is 381 g/mol. The lowest BCUT2D eigenvalue weighted by Gasteiger charge is -2.41. The molecule has 0 aromatic rings. The van der Waals surface area contributed by atoms with E-state index in [1.807, 2.05) is 0 Å². The summed E-state index contributed by atoms with van der Waals surface area (Å²) in [6.45, 7) is -0.320. The van der Waals surface area contributed by atoms with E-state index >= 15 is 0 Å². The second-order valence-electron chi connectivity index (χ2n) is 5.99. The van der Waals surface area contributed by atoms with E-state index in [-0.39, 0.29) is 24.9 Å². The van der Waals surface area contributed by atoms with E-state index in [0.29, 0.717) is 10.7 Å². The number of sulfone groups is 1. The fourth-order valence-corrected chi connectivity index (χ4v) is 6.55. The Kier molecular flexibility index (Phi) is 5.16. The van der Waals surface area contributed by atoms with E-state index < -0.39 is 29.4 Å². The van der Waals surface area contributed by atoms with E-state index in [2.05, 4.69) is 0 Å². The van der Waals surface area contributed by atoms with Crippen LogP contribution >= 0.6 is 0 Å². The molecule has 134 valence electrons. The van der Waals surface area contributed by atoms with Gasteiger partial charge in [0, 0.05) is 19.0 Å². The molecule has 0 spiro atoms. The molecule has 1 saturated carbocycles. The molecule has 0 aromatic heterocycles. The summed E-state index contributed by atoms with van der Waals surface area (Å²) in [5.41, 5.74) is 0. The van der Waals surface area contributed by atoms with Crippen LogP contribution in [0.5, 0.6) is 0 Å². The number of alkyl halides is 2. The smallest absolute Gasteiger partial charge is 0.257 e. The number of fused-ring (bicyclic) bond motifs is 1. The molecular formula is C13H17F2N3O4S2. The Labute approximate surface area is 139 Å². The summed E-state index contributed by atoms with van der Waals surface area (Å²) in [7, 11) is -11.4. The van der Waals surface area contributed by atoms with Gasteiger partial charge in [-0.3, -0.25) is 5.41 Å². The summed E-state index contributed by atoms with van der Waals surface area (Å²) in [6, 6.07) is 0.886. The Morgan fingerprint density at radius 2 is 1.71 bits per heavy atom. The molecule has 0 amide bonds. The summed E-state index contributed by atoms with van der Waals surface area (Å²) in [4.78, 5) is -1.70. The van der Waals surface area contributed by atoms with Crippen LogP contribution in [0.25, 0.3) is 0 Å². The fraction of sp³-hybridized carbons (Fsp3) is 0.769. The minimum absolute atomic E-state index is 0.0607. The highest BCUT2D eigenvalue weighted by molar-refractivity contribution is 8.11. The number of hydrogen-bond donors (Lipinski definition) is 1. The van der Waals surface area contributed by atoms with Crippen LogP contribution in [0, 0.1) is 28.6 Å². The molecule has 1 aliphatic heterocycles. The third-order valence-corrected chi connectivity index (χ3v) is 8.95. The van der Waals surface area contributed by atoms with Crippen molar-refractivity contribution < 1.29 is 25.6 Å². The maximum absolute atomic E-state index is 14.3. The van der Waals surface area contributed by atoms with Crippen LogP contribution in [-0.4, -0.2) is 44.7 Å². The van der Waals surface area contributed by atoms with Crippen molar-refractivity contribution in [1.82, 2.24) is 4.31 Å². The first-order valence-electron chi connectivity index (χ1n) is 7.41. The predicted octanol–water partition coefficient (Wildman–Crippen LogP) is 1.45. The Morgan fingerprint density at radius 1 is 1.12 bits per heavy atom. The van der Waals surface area contributed by atoms with Crippen molar-refractivity contribution in [2.24, 2.45) is 11.8 Å². The van der Waals surface area contributed by atoms with Crippen molar-refractivity contribution >= 4 is 25.7 Å². The van der Waals surface area contributed by atoms with Crippen molar-refractivity contribution in [1.29, 1.82) is 10.7 Å². The molecule has 1 heterocycles. The Morgan fingerprint density at radius 3 is 2.25 bits per heavy atom. The van der Waals surface area contributed by atoms with Crippen LogP contribution in [0.3, 0.4) is 0 Å². The van der Waals surface area contributed by atoms with Gasteiger partial charge in [0.25, 0.3) is 19.9 Å². The zero-order valence-corrected chi connectivity index (χ0v) is 14.3. The lowest BCUT2D eigenvalue weighted by molar-refractivity contribution is 0.119. The lowest BCUT2D eigenvalue weighted by Crippen LogP contribution is -2.52. The van der Waals surface area contributed by atoms with Gasteiger partial charge in [0.15, 0.2) is 0 Å². The zero-order valence-electron chi connectivity index (χ0n) is 12.7. The number of nitriles is 1. The first-order chi connectivity index (χ1) is 11.1. The van der Waals surface area contributed by atoms with Crippen LogP contribution in [0.2, 0.25) is 0 Å². The highest BCUT2D eigenvalue weighted by Gasteiger charge is 2.62. The molecule has 0 radical (unpaired) electrons. The number of rotatable bonds is 4. The van der Waals surface area contributed by atoms with Gasteiger partial charge < -0.3 is 0 Å². The number of nitrogens with zero attached hydrogens (tertiary/aromatic N) is 2. The van der Waals surface area contributed by atoms with E-state index in [0.717, 1.165) is 37.6 Å². The van der Waals surface area contributed by atoms with Gasteiger partial charge in [-0.2, -0.15) is 18.3 Å². The van der Waals surface area contributed by atoms with Crippen molar-refractivity contribution in [3.63, 3.8) is 0 Å². The largest absolute Gasteiger partial charge is 0.464 e. The van der Waals surface area contributed by atoms with E-state index in [9.17, 15) is 25.6 Å². The highest BCUT2D eigenvalue weighted by Crippen LogP contribution is 2.41. The molecule has 7 nitrogen and oxygen atoms in total. The van der Waals surface area contributed by atoms with E-state index in [1.54, 1.807) is 0 Å². The Bertz CT molecular complexity index is 811. The number of hydrogen-bond acceptors (Lipinski definition) is 6. The van der Waals surface area contributed by atoms with E-state index in [1.165, 1.54) is 0 Å². The van der Waals surface area contributed by atoms with Crippen LogP contribution in [0.15, 0.2) is 4.91 Å². The van der Waals surface area contributed by atoms with Gasteiger partial charge in [0.2, 0.25) is 4.91 Å². The minimum atomic E-state index is -5.84. The molecule has 0 bridgehead atoms. The fourth-order valence-electron chi connectivity index (χ4n) is 3.35. The van der Waals surface area contributed by atoms with Gasteiger partial charge in [-0.1, -0.05) is 19.3 Å². The third-order valence-electron chi connectivity index (χ3n) is 4.69. The van der Waals surface area contributed by atoms with Gasteiger partial charge in [0.05, 0.1) is 0 Å². The summed E-state index contributed by atoms with van der Waals surface area (Å²) in [5, 5.41) is 15.2. The maximum atomic E-state index is 14.3. The minimum Gasteiger partial charge on any atom is -0.257 e. The molecule has 11 heteroatoms. The quantitative estimate of drug-likeness (QED) is 0.584. The Balaban J connectivity index is 2.36. The summed E-state index contributed by atoms with van der Waals surface area (Å²) in [6.07, 6.45) is 3.96. The monoisotopic (exact) mass is 381 g/mol. The molecule has 2 fully saturated rings. The number of allylic oxidation sites excluding steroid dienone is 1. The van der Waals surface area contributed by atoms with Crippen LogP contribution in [0.4, 0.5) is 8.78 Å². The second kappa shape index (κ2) is 6.52. The molecule has 1 saturated heterocycles. The van der Waals surface area contributed by atoms with Crippen molar-refractivity contribution in [2.45, 2.75) is 36.7 Å². The summed E-state index contributed by atoms with van der Waals surface area (Å²) >= 11 is 0.